The summed E-state index contributed by atoms with van der Waals surface area (Å²) in [6.07, 6.45) is 2.09. The van der Waals surface area contributed by atoms with Gasteiger partial charge in [0.05, 0.1) is 5.56 Å². The second-order valence-electron chi connectivity index (χ2n) is 10.5. The molecule has 0 saturated heterocycles. The highest BCUT2D eigenvalue weighted by Gasteiger charge is 2.22. The zero-order valence-electron chi connectivity index (χ0n) is 21.9. The van der Waals surface area contributed by atoms with Crippen molar-refractivity contribution in [2.24, 2.45) is 7.05 Å². The molecule has 0 aliphatic carbocycles. The highest BCUT2D eigenvalue weighted by atomic mass is 16.3. The Labute approximate surface area is 226 Å². The molecule has 0 aliphatic rings. The molecule has 39 heavy (non-hydrogen) atoms. The van der Waals surface area contributed by atoms with E-state index in [0.717, 1.165) is 38.8 Å². The predicted molar refractivity (Wildman–Crippen MR) is 163 cm³/mol. The average molecular weight is 501 g/mol. The van der Waals surface area contributed by atoms with E-state index in [-0.39, 0.29) is 0 Å². The Balaban J connectivity index is 1.53. The van der Waals surface area contributed by atoms with E-state index in [0.29, 0.717) is 0 Å². The molecule has 8 aromatic rings. The summed E-state index contributed by atoms with van der Waals surface area (Å²) in [5.41, 5.74) is 7.68. The van der Waals surface area contributed by atoms with Crippen LogP contribution in [0, 0.1) is 6.92 Å². The number of nitrogens with zero attached hydrogens (tertiary/aromatic N) is 1. The van der Waals surface area contributed by atoms with Crippen molar-refractivity contribution in [1.29, 1.82) is 0 Å². The van der Waals surface area contributed by atoms with Gasteiger partial charge in [-0.15, -0.1) is 0 Å². The number of benzene rings is 6. The largest absolute Gasteiger partial charge is 0.454 e. The quantitative estimate of drug-likeness (QED) is 0.171. The Morgan fingerprint density at radius 3 is 2.13 bits per heavy atom. The molecule has 2 heterocycles. The lowest BCUT2D eigenvalue weighted by Crippen LogP contribution is -2.30. The van der Waals surface area contributed by atoms with E-state index in [2.05, 4.69) is 140 Å². The summed E-state index contributed by atoms with van der Waals surface area (Å²) >= 11 is 0. The Morgan fingerprint density at radius 2 is 1.26 bits per heavy atom. The number of hydrogen-bond acceptors (Lipinski definition) is 1. The SMILES string of the molecule is Cc1ccc2c(oc3c(-c4cc5ccccc5c5ccc6ccccc6c45)cccc32)c1-c1cccc[n+]1C. The van der Waals surface area contributed by atoms with Crippen LogP contribution in [-0.2, 0) is 7.05 Å². The van der Waals surface area contributed by atoms with Crippen LogP contribution in [0.1, 0.15) is 5.56 Å². The van der Waals surface area contributed by atoms with Crippen molar-refractivity contribution in [1.82, 2.24) is 0 Å². The first kappa shape index (κ1) is 22.1. The minimum absolute atomic E-state index is 0.933. The fourth-order valence-corrected chi connectivity index (χ4v) is 6.37. The molecular weight excluding hydrogens is 474 g/mol. The van der Waals surface area contributed by atoms with Crippen LogP contribution in [0.4, 0.5) is 0 Å². The monoisotopic (exact) mass is 500 g/mol. The summed E-state index contributed by atoms with van der Waals surface area (Å²) < 4.78 is 9.08. The molecule has 0 aliphatic heterocycles. The van der Waals surface area contributed by atoms with Crippen LogP contribution in [0.3, 0.4) is 0 Å². The number of fused-ring (bicyclic) bond motifs is 8. The second kappa shape index (κ2) is 8.28. The summed E-state index contributed by atoms with van der Waals surface area (Å²) in [5, 5.41) is 9.83. The molecule has 0 bridgehead atoms. The minimum Gasteiger partial charge on any atom is -0.454 e. The number of furan rings is 1. The third kappa shape index (κ3) is 3.18. The van der Waals surface area contributed by atoms with Gasteiger partial charge in [0.1, 0.15) is 18.2 Å². The third-order valence-corrected chi connectivity index (χ3v) is 8.23. The number of para-hydroxylation sites is 1. The molecule has 0 amide bonds. The van der Waals surface area contributed by atoms with Gasteiger partial charge < -0.3 is 4.42 Å². The first-order valence-corrected chi connectivity index (χ1v) is 13.4. The lowest BCUT2D eigenvalue weighted by molar-refractivity contribution is -0.660. The van der Waals surface area contributed by atoms with Crippen LogP contribution < -0.4 is 4.57 Å². The van der Waals surface area contributed by atoms with E-state index in [4.69, 9.17) is 4.42 Å². The molecule has 0 radical (unpaired) electrons. The Bertz CT molecular complexity index is 2250. The molecule has 0 N–H and O–H groups in total. The summed E-state index contributed by atoms with van der Waals surface area (Å²) in [6, 6.07) is 41.6. The molecule has 8 rings (SSSR count). The molecule has 0 atom stereocenters. The first-order chi connectivity index (χ1) is 19.2. The van der Waals surface area contributed by atoms with Crippen molar-refractivity contribution < 1.29 is 8.98 Å². The zero-order chi connectivity index (χ0) is 26.1. The van der Waals surface area contributed by atoms with Crippen LogP contribution in [0.5, 0.6) is 0 Å². The first-order valence-electron chi connectivity index (χ1n) is 13.4. The standard InChI is InChI=1S/C37H26NO/c1-23-17-19-31-29-14-9-15-30(36(29)39-37(31)34(23)33-16-7-8-21-38(33)2)32-22-25-11-4-5-12-26(25)28-20-18-24-10-3-6-13-27(24)35(28)32/h3-22H,1-2H3/q+1. The maximum Gasteiger partial charge on any atom is 0.216 e. The average Bonchev–Trinajstić information content (AvgIpc) is 3.36. The van der Waals surface area contributed by atoms with E-state index in [1.165, 1.54) is 43.4 Å². The van der Waals surface area contributed by atoms with Gasteiger partial charge in [-0.05, 0) is 62.5 Å². The van der Waals surface area contributed by atoms with Crippen LogP contribution in [0.25, 0.3) is 76.6 Å². The fourth-order valence-electron chi connectivity index (χ4n) is 6.37. The van der Waals surface area contributed by atoms with Gasteiger partial charge in [-0.3, -0.25) is 0 Å². The lowest BCUT2D eigenvalue weighted by Gasteiger charge is -2.14. The molecule has 0 saturated carbocycles. The van der Waals surface area contributed by atoms with Gasteiger partial charge in [0, 0.05) is 28.5 Å². The van der Waals surface area contributed by atoms with Gasteiger partial charge in [0.25, 0.3) is 0 Å². The Kier molecular flexibility index (Phi) is 4.68. The zero-order valence-corrected chi connectivity index (χ0v) is 21.9. The van der Waals surface area contributed by atoms with Crippen molar-refractivity contribution in [3.05, 3.63) is 127 Å². The summed E-state index contributed by atoms with van der Waals surface area (Å²) in [7, 11) is 2.09. The second-order valence-corrected chi connectivity index (χ2v) is 10.5. The minimum atomic E-state index is 0.933. The topological polar surface area (TPSA) is 17.0 Å². The number of aromatic nitrogens is 1. The van der Waals surface area contributed by atoms with Gasteiger partial charge in [0.15, 0.2) is 6.20 Å². The Hall–Kier alpha value is -4.95. The molecule has 2 aromatic heterocycles. The van der Waals surface area contributed by atoms with Gasteiger partial charge >= 0.3 is 0 Å². The van der Waals surface area contributed by atoms with E-state index in [1.54, 1.807) is 0 Å². The van der Waals surface area contributed by atoms with Crippen molar-refractivity contribution in [2.45, 2.75) is 6.92 Å². The van der Waals surface area contributed by atoms with Gasteiger partial charge in [-0.2, -0.15) is 0 Å². The van der Waals surface area contributed by atoms with Crippen molar-refractivity contribution in [3.63, 3.8) is 0 Å². The highest BCUT2D eigenvalue weighted by Crippen LogP contribution is 2.44. The number of aryl methyl sites for hydroxylation is 2. The maximum atomic E-state index is 6.92. The maximum absolute atomic E-state index is 6.92. The van der Waals surface area contributed by atoms with Gasteiger partial charge in [0.2, 0.25) is 5.69 Å². The molecule has 0 spiro atoms. The number of pyridine rings is 1. The van der Waals surface area contributed by atoms with Gasteiger partial charge in [-0.25, -0.2) is 4.57 Å². The lowest BCUT2D eigenvalue weighted by atomic mass is 9.89. The summed E-state index contributed by atoms with van der Waals surface area (Å²) in [4.78, 5) is 0. The molecule has 2 heteroatoms. The van der Waals surface area contributed by atoms with Crippen molar-refractivity contribution in [2.75, 3.05) is 0 Å². The van der Waals surface area contributed by atoms with E-state index in [9.17, 15) is 0 Å². The fraction of sp³-hybridized carbons (Fsp3) is 0.0541. The molecule has 2 nitrogen and oxygen atoms in total. The smallest absolute Gasteiger partial charge is 0.216 e. The molecule has 0 unspecified atom stereocenters. The van der Waals surface area contributed by atoms with Crippen LogP contribution in [-0.4, -0.2) is 0 Å². The van der Waals surface area contributed by atoms with Crippen LogP contribution in [0.15, 0.2) is 126 Å². The van der Waals surface area contributed by atoms with E-state index < -0.39 is 0 Å². The van der Waals surface area contributed by atoms with E-state index >= 15 is 0 Å². The summed E-state index contributed by atoms with van der Waals surface area (Å²) in [5.74, 6) is 0. The highest BCUT2D eigenvalue weighted by molar-refractivity contribution is 6.25. The number of hydrogen-bond donors (Lipinski definition) is 0. The summed E-state index contributed by atoms with van der Waals surface area (Å²) in [6.45, 7) is 2.17. The van der Waals surface area contributed by atoms with Crippen molar-refractivity contribution >= 4 is 54.3 Å². The normalized spacial score (nSPS) is 11.8. The van der Waals surface area contributed by atoms with E-state index in [1.807, 2.05) is 0 Å². The Morgan fingerprint density at radius 1 is 0.538 bits per heavy atom. The van der Waals surface area contributed by atoms with Crippen LogP contribution in [0.2, 0.25) is 0 Å². The molecular formula is C37H26NO+. The molecule has 0 fully saturated rings. The number of rotatable bonds is 2. The van der Waals surface area contributed by atoms with Gasteiger partial charge in [-0.1, -0.05) is 91.0 Å². The van der Waals surface area contributed by atoms with Crippen molar-refractivity contribution in [3.8, 4) is 22.4 Å². The van der Waals surface area contributed by atoms with Crippen LogP contribution >= 0.6 is 0 Å². The molecule has 6 aromatic carbocycles. The third-order valence-electron chi connectivity index (χ3n) is 8.23. The molecule has 184 valence electrons. The predicted octanol–water partition coefficient (Wildman–Crippen LogP) is 9.51.